The van der Waals surface area contributed by atoms with Crippen molar-refractivity contribution in [3.05, 3.63) is 62.6 Å². The van der Waals surface area contributed by atoms with Crippen LogP contribution in [-0.4, -0.2) is 58.1 Å². The Bertz CT molecular complexity index is 967. The van der Waals surface area contributed by atoms with Gasteiger partial charge in [-0.05, 0) is 47.9 Å². The third-order valence-electron chi connectivity index (χ3n) is 5.75. The summed E-state index contributed by atoms with van der Waals surface area (Å²) in [5.41, 5.74) is 2.78. The predicted molar refractivity (Wildman–Crippen MR) is 113 cm³/mol. The van der Waals surface area contributed by atoms with Crippen LogP contribution >= 0.6 is 23.2 Å². The zero-order chi connectivity index (χ0) is 22.3. The van der Waals surface area contributed by atoms with Crippen molar-refractivity contribution in [3.8, 4) is 5.75 Å². The Hall–Kier alpha value is -1.42. The molecule has 5 atom stereocenters. The van der Waals surface area contributed by atoms with Crippen LogP contribution in [-0.2, 0) is 28.3 Å². The Morgan fingerprint density at radius 3 is 2.58 bits per heavy atom. The zero-order valence-electron chi connectivity index (χ0n) is 16.8. The topological polar surface area (TPSA) is 109 Å². The van der Waals surface area contributed by atoms with Crippen LogP contribution in [0.2, 0.25) is 10.0 Å². The lowest BCUT2D eigenvalue weighted by molar-refractivity contribution is -0.368. The Morgan fingerprint density at radius 2 is 1.87 bits per heavy atom. The predicted octanol–water partition coefficient (Wildman–Crippen LogP) is 2.14. The van der Waals surface area contributed by atoms with E-state index in [1.807, 2.05) is 13.0 Å². The summed E-state index contributed by atoms with van der Waals surface area (Å²) < 4.78 is 17.3. The molecule has 1 spiro atoms. The maximum atomic E-state index is 10.7. The van der Waals surface area contributed by atoms with Crippen LogP contribution in [0, 0.1) is 0 Å². The second kappa shape index (κ2) is 8.84. The highest BCUT2D eigenvalue weighted by Gasteiger charge is 2.58. The summed E-state index contributed by atoms with van der Waals surface area (Å²) >= 11 is 12.6. The monoisotopic (exact) mass is 470 g/mol. The molecule has 2 heterocycles. The first-order valence-corrected chi connectivity index (χ1v) is 10.8. The quantitative estimate of drug-likeness (QED) is 0.529. The van der Waals surface area contributed by atoms with Gasteiger partial charge in [0.2, 0.25) is 5.79 Å². The van der Waals surface area contributed by atoms with Crippen molar-refractivity contribution in [1.82, 2.24) is 0 Å². The van der Waals surface area contributed by atoms with Gasteiger partial charge in [0, 0.05) is 22.0 Å². The maximum absolute atomic E-state index is 10.7. The van der Waals surface area contributed by atoms with Gasteiger partial charge in [0.25, 0.3) is 0 Å². The minimum absolute atomic E-state index is 0.0957. The first-order chi connectivity index (χ1) is 14.8. The second-order valence-corrected chi connectivity index (χ2v) is 8.53. The van der Waals surface area contributed by atoms with Gasteiger partial charge >= 0.3 is 0 Å². The molecule has 4 rings (SSSR count). The molecule has 31 heavy (non-hydrogen) atoms. The lowest BCUT2D eigenvalue weighted by atomic mass is 9.86. The number of hydrogen-bond donors (Lipinski definition) is 4. The van der Waals surface area contributed by atoms with E-state index in [9.17, 15) is 20.4 Å². The van der Waals surface area contributed by atoms with Crippen molar-refractivity contribution < 1.29 is 34.6 Å². The van der Waals surface area contributed by atoms with Crippen molar-refractivity contribution in [2.75, 3.05) is 13.2 Å². The molecule has 0 radical (unpaired) electrons. The lowest BCUT2D eigenvalue weighted by Crippen LogP contribution is -2.63. The third kappa shape index (κ3) is 3.94. The Morgan fingerprint density at radius 1 is 1.10 bits per heavy atom. The molecule has 0 amide bonds. The normalized spacial score (nSPS) is 29.9. The van der Waals surface area contributed by atoms with Gasteiger partial charge in [0.15, 0.2) is 0 Å². The highest BCUT2D eigenvalue weighted by molar-refractivity contribution is 6.31. The molecule has 168 valence electrons. The molecule has 0 bridgehead atoms. The van der Waals surface area contributed by atoms with Gasteiger partial charge in [-0.1, -0.05) is 29.3 Å². The van der Waals surface area contributed by atoms with Crippen LogP contribution in [0.15, 0.2) is 30.3 Å². The first-order valence-electron chi connectivity index (χ1n) is 10.0. The fourth-order valence-corrected chi connectivity index (χ4v) is 4.57. The summed E-state index contributed by atoms with van der Waals surface area (Å²) in [5, 5.41) is 41.8. The van der Waals surface area contributed by atoms with Crippen LogP contribution in [0.3, 0.4) is 0 Å². The minimum atomic E-state index is -1.72. The fourth-order valence-electron chi connectivity index (χ4n) is 4.15. The Labute approximate surface area is 189 Å². The zero-order valence-corrected chi connectivity index (χ0v) is 18.3. The van der Waals surface area contributed by atoms with E-state index in [2.05, 4.69) is 0 Å². The van der Waals surface area contributed by atoms with E-state index in [-0.39, 0.29) is 6.61 Å². The third-order valence-corrected chi connectivity index (χ3v) is 6.34. The van der Waals surface area contributed by atoms with Gasteiger partial charge in [0.1, 0.15) is 30.2 Å². The average Bonchev–Trinajstić information content (AvgIpc) is 3.09. The molecular formula is C22H24Cl2O7. The number of benzene rings is 2. The van der Waals surface area contributed by atoms with Gasteiger partial charge in [-0.2, -0.15) is 0 Å². The second-order valence-electron chi connectivity index (χ2n) is 7.68. The van der Waals surface area contributed by atoms with Gasteiger partial charge in [-0.15, -0.1) is 0 Å². The number of halogens is 2. The molecule has 2 aliphatic rings. The van der Waals surface area contributed by atoms with Crippen LogP contribution < -0.4 is 4.74 Å². The Balaban J connectivity index is 1.74. The summed E-state index contributed by atoms with van der Waals surface area (Å²) in [4.78, 5) is 0. The van der Waals surface area contributed by atoms with E-state index in [0.717, 1.165) is 11.1 Å². The van der Waals surface area contributed by atoms with Crippen molar-refractivity contribution in [3.63, 3.8) is 0 Å². The number of aliphatic hydroxyl groups excluding tert-OH is 4. The summed E-state index contributed by atoms with van der Waals surface area (Å²) in [6, 6.07) is 8.86. The van der Waals surface area contributed by atoms with E-state index in [1.165, 1.54) is 0 Å². The largest absolute Gasteiger partial charge is 0.494 e. The molecule has 1 unspecified atom stereocenters. The summed E-state index contributed by atoms with van der Waals surface area (Å²) in [7, 11) is 0. The van der Waals surface area contributed by atoms with E-state index < -0.39 is 36.8 Å². The SMILES string of the molecule is CCOc1cc(Cl)ccc1Cc1cc2c(cc1Cl)CO[C@]21OC(CO)[C@@H](O)[C@H](O)[C@H]1O. The molecule has 0 saturated carbocycles. The number of rotatable bonds is 5. The van der Waals surface area contributed by atoms with Crippen molar-refractivity contribution in [2.24, 2.45) is 0 Å². The number of aliphatic hydroxyl groups is 4. The number of hydrogen-bond acceptors (Lipinski definition) is 7. The summed E-state index contributed by atoms with van der Waals surface area (Å²) in [5.74, 6) is -1.07. The molecule has 4 N–H and O–H groups in total. The van der Waals surface area contributed by atoms with Crippen LogP contribution in [0.1, 0.15) is 29.2 Å². The summed E-state index contributed by atoms with van der Waals surface area (Å²) in [6.07, 6.45) is -5.27. The minimum Gasteiger partial charge on any atom is -0.494 e. The van der Waals surface area contributed by atoms with Gasteiger partial charge in [-0.3, -0.25) is 0 Å². The smallest absolute Gasteiger partial charge is 0.225 e. The standard InChI is InChI=1S/C22H24Cl2O7/c1-2-29-17-8-14(23)4-3-11(17)5-12-6-15-13(7-16(12)24)10-30-22(15)21(28)20(27)19(26)18(9-25)31-22/h3-4,6-8,18-21,25-28H,2,5,9-10H2,1H3/t18?,19-,20+,21-,22+/m1/s1. The molecular weight excluding hydrogens is 447 g/mol. The van der Waals surface area contributed by atoms with Crippen LogP contribution in [0.25, 0.3) is 0 Å². The molecule has 2 aliphatic heterocycles. The average molecular weight is 471 g/mol. The van der Waals surface area contributed by atoms with Crippen LogP contribution in [0.4, 0.5) is 0 Å². The molecule has 7 nitrogen and oxygen atoms in total. The molecule has 9 heteroatoms. The van der Waals surface area contributed by atoms with E-state index in [1.54, 1.807) is 24.3 Å². The van der Waals surface area contributed by atoms with Crippen molar-refractivity contribution >= 4 is 23.2 Å². The Kier molecular flexibility index (Phi) is 6.49. The van der Waals surface area contributed by atoms with E-state index >= 15 is 0 Å². The number of fused-ring (bicyclic) bond motifs is 2. The fraction of sp³-hybridized carbons (Fsp3) is 0.455. The van der Waals surface area contributed by atoms with Gasteiger partial charge in [-0.25, -0.2) is 0 Å². The highest BCUT2D eigenvalue weighted by atomic mass is 35.5. The molecule has 1 saturated heterocycles. The van der Waals surface area contributed by atoms with Gasteiger partial charge in [0.05, 0.1) is 19.8 Å². The first kappa shape index (κ1) is 22.8. The van der Waals surface area contributed by atoms with E-state index in [4.69, 9.17) is 37.4 Å². The highest BCUT2D eigenvalue weighted by Crippen LogP contribution is 2.47. The molecule has 0 aromatic heterocycles. The lowest BCUT2D eigenvalue weighted by Gasteiger charge is -2.46. The van der Waals surface area contributed by atoms with Crippen molar-refractivity contribution in [1.29, 1.82) is 0 Å². The van der Waals surface area contributed by atoms with Crippen LogP contribution in [0.5, 0.6) is 5.75 Å². The molecule has 1 fully saturated rings. The van der Waals surface area contributed by atoms with E-state index in [0.29, 0.717) is 39.9 Å². The maximum Gasteiger partial charge on any atom is 0.225 e. The molecule has 2 aromatic carbocycles. The number of ether oxygens (including phenoxy) is 3. The molecule has 2 aromatic rings. The molecule has 0 aliphatic carbocycles. The van der Waals surface area contributed by atoms with Crippen molar-refractivity contribution in [2.45, 2.75) is 50.2 Å². The summed E-state index contributed by atoms with van der Waals surface area (Å²) in [6.45, 7) is 1.91. The van der Waals surface area contributed by atoms with Gasteiger partial charge < -0.3 is 34.6 Å².